The Morgan fingerprint density at radius 1 is 1.22 bits per heavy atom. The van der Waals surface area contributed by atoms with Crippen LogP contribution >= 0.6 is 23.4 Å². The van der Waals surface area contributed by atoms with E-state index in [9.17, 15) is 4.79 Å². The molecular weight excluding hydrogens is 334 g/mol. The van der Waals surface area contributed by atoms with E-state index in [1.807, 2.05) is 48.7 Å². The van der Waals surface area contributed by atoms with Gasteiger partial charge in [0.05, 0.1) is 6.54 Å². The zero-order chi connectivity index (χ0) is 16.2. The number of amides is 1. The van der Waals surface area contributed by atoms with Crippen LogP contribution in [-0.2, 0) is 11.3 Å². The van der Waals surface area contributed by atoms with Crippen LogP contribution in [0.4, 0.5) is 5.69 Å². The number of carbonyl (C=O) groups excluding carboxylic acids is 1. The molecule has 6 heteroatoms. The van der Waals surface area contributed by atoms with Gasteiger partial charge in [-0.15, -0.1) is 23.4 Å². The van der Waals surface area contributed by atoms with E-state index in [2.05, 4.69) is 0 Å². The topological polar surface area (TPSA) is 38.8 Å². The number of carbonyl (C=O) groups is 1. The molecule has 1 aliphatic rings. The molecule has 2 aromatic rings. The van der Waals surface area contributed by atoms with Crippen molar-refractivity contribution in [3.63, 3.8) is 0 Å². The summed E-state index contributed by atoms with van der Waals surface area (Å²) in [6, 6.07) is 13.5. The fourth-order valence-electron chi connectivity index (χ4n) is 2.45. The van der Waals surface area contributed by atoms with Crippen molar-refractivity contribution in [1.29, 1.82) is 0 Å². The Hall–Kier alpha value is -1.85. The fourth-order valence-corrected chi connectivity index (χ4v) is 3.21. The Bertz CT molecular complexity index is 723. The number of benzene rings is 2. The third-order valence-corrected chi connectivity index (χ3v) is 4.67. The van der Waals surface area contributed by atoms with E-state index >= 15 is 0 Å². The van der Waals surface area contributed by atoms with Crippen molar-refractivity contribution in [3.05, 3.63) is 48.0 Å². The number of alkyl halides is 1. The standard InChI is InChI=1S/C17H16ClNO3S/c1-23-16-5-3-2-4-12(16)10-19(17(20)9-18)13-6-7-14-15(8-13)22-11-21-14/h2-8H,9-11H2,1H3. The average Bonchev–Trinajstić information content (AvgIpc) is 3.07. The molecular formula is C17H16ClNO3S. The summed E-state index contributed by atoms with van der Waals surface area (Å²) in [6.45, 7) is 0.666. The Balaban J connectivity index is 1.93. The van der Waals surface area contributed by atoms with Crippen molar-refractivity contribution in [2.24, 2.45) is 0 Å². The SMILES string of the molecule is CSc1ccccc1CN(C(=O)CCl)c1ccc2c(c1)OCO2. The summed E-state index contributed by atoms with van der Waals surface area (Å²) in [4.78, 5) is 15.1. The summed E-state index contributed by atoms with van der Waals surface area (Å²) in [5.74, 6) is 1.11. The van der Waals surface area contributed by atoms with Gasteiger partial charge in [0.1, 0.15) is 5.88 Å². The molecule has 1 aliphatic heterocycles. The number of anilines is 1. The highest BCUT2D eigenvalue weighted by Crippen LogP contribution is 2.36. The van der Waals surface area contributed by atoms with Gasteiger partial charge in [-0.05, 0) is 30.0 Å². The Morgan fingerprint density at radius 2 is 2.00 bits per heavy atom. The number of nitrogens with zero attached hydrogens (tertiary/aromatic N) is 1. The lowest BCUT2D eigenvalue weighted by Gasteiger charge is -2.23. The molecule has 0 N–H and O–H groups in total. The summed E-state index contributed by atoms with van der Waals surface area (Å²) >= 11 is 7.46. The quantitative estimate of drug-likeness (QED) is 0.606. The molecule has 0 radical (unpaired) electrons. The Labute approximate surface area is 144 Å². The molecule has 23 heavy (non-hydrogen) atoms. The van der Waals surface area contributed by atoms with Crippen molar-refractivity contribution in [3.8, 4) is 11.5 Å². The molecule has 0 unspecified atom stereocenters. The van der Waals surface area contributed by atoms with Crippen LogP contribution in [0.15, 0.2) is 47.4 Å². The first-order valence-corrected chi connectivity index (χ1v) is 8.86. The normalized spacial score (nSPS) is 12.3. The highest BCUT2D eigenvalue weighted by Gasteiger charge is 2.20. The molecule has 2 aromatic carbocycles. The van der Waals surface area contributed by atoms with Crippen LogP contribution in [0.2, 0.25) is 0 Å². The van der Waals surface area contributed by atoms with E-state index in [1.165, 1.54) is 0 Å². The lowest BCUT2D eigenvalue weighted by atomic mass is 10.2. The number of fused-ring (bicyclic) bond motifs is 1. The van der Waals surface area contributed by atoms with Gasteiger partial charge in [0.25, 0.3) is 0 Å². The minimum atomic E-state index is -0.151. The predicted molar refractivity (Wildman–Crippen MR) is 92.7 cm³/mol. The number of rotatable bonds is 5. The lowest BCUT2D eigenvalue weighted by molar-refractivity contribution is -0.116. The van der Waals surface area contributed by atoms with Gasteiger partial charge < -0.3 is 14.4 Å². The van der Waals surface area contributed by atoms with Gasteiger partial charge in [-0.3, -0.25) is 4.79 Å². The first-order valence-electron chi connectivity index (χ1n) is 7.11. The largest absolute Gasteiger partial charge is 0.454 e. The smallest absolute Gasteiger partial charge is 0.242 e. The van der Waals surface area contributed by atoms with Gasteiger partial charge in [0, 0.05) is 16.6 Å². The first kappa shape index (κ1) is 16.0. The molecule has 0 aromatic heterocycles. The molecule has 0 spiro atoms. The molecule has 3 rings (SSSR count). The minimum absolute atomic E-state index is 0.0735. The van der Waals surface area contributed by atoms with Crippen LogP contribution in [0.1, 0.15) is 5.56 Å². The monoisotopic (exact) mass is 349 g/mol. The Morgan fingerprint density at radius 3 is 2.78 bits per heavy atom. The van der Waals surface area contributed by atoms with Crippen molar-refractivity contribution >= 4 is 35.0 Å². The molecule has 0 bridgehead atoms. The van der Waals surface area contributed by atoms with Crippen LogP contribution in [0.5, 0.6) is 11.5 Å². The highest BCUT2D eigenvalue weighted by molar-refractivity contribution is 7.98. The molecule has 1 heterocycles. The van der Waals surface area contributed by atoms with Crippen molar-refractivity contribution in [1.82, 2.24) is 0 Å². The highest BCUT2D eigenvalue weighted by atomic mass is 35.5. The zero-order valence-electron chi connectivity index (χ0n) is 12.6. The minimum Gasteiger partial charge on any atom is -0.454 e. The van der Waals surface area contributed by atoms with Crippen LogP contribution in [-0.4, -0.2) is 24.8 Å². The molecule has 4 nitrogen and oxygen atoms in total. The summed E-state index contributed by atoms with van der Waals surface area (Å²) in [7, 11) is 0. The van der Waals surface area contributed by atoms with Crippen molar-refractivity contribution in [2.75, 3.05) is 23.8 Å². The second kappa shape index (κ2) is 7.15. The van der Waals surface area contributed by atoms with Crippen LogP contribution < -0.4 is 14.4 Å². The maximum absolute atomic E-state index is 12.3. The molecule has 0 saturated heterocycles. The second-order valence-electron chi connectivity index (χ2n) is 4.96. The van der Waals surface area contributed by atoms with Gasteiger partial charge in [0.2, 0.25) is 12.7 Å². The molecule has 0 atom stereocenters. The number of hydrogen-bond donors (Lipinski definition) is 0. The average molecular weight is 350 g/mol. The number of halogens is 1. The van der Waals surface area contributed by atoms with Crippen LogP contribution in [0.25, 0.3) is 0 Å². The summed E-state index contributed by atoms with van der Waals surface area (Å²) < 4.78 is 10.7. The third-order valence-electron chi connectivity index (χ3n) is 3.60. The number of ether oxygens (including phenoxy) is 2. The van der Waals surface area contributed by atoms with E-state index in [0.29, 0.717) is 18.0 Å². The van der Waals surface area contributed by atoms with E-state index < -0.39 is 0 Å². The van der Waals surface area contributed by atoms with E-state index in [-0.39, 0.29) is 18.6 Å². The molecule has 0 saturated carbocycles. The van der Waals surface area contributed by atoms with Crippen molar-refractivity contribution in [2.45, 2.75) is 11.4 Å². The van der Waals surface area contributed by atoms with Crippen LogP contribution in [0, 0.1) is 0 Å². The number of thioether (sulfide) groups is 1. The fraction of sp³-hybridized carbons (Fsp3) is 0.235. The van der Waals surface area contributed by atoms with E-state index in [0.717, 1.165) is 16.1 Å². The lowest BCUT2D eigenvalue weighted by Crippen LogP contribution is -2.31. The number of hydrogen-bond acceptors (Lipinski definition) is 4. The van der Waals surface area contributed by atoms with Gasteiger partial charge >= 0.3 is 0 Å². The van der Waals surface area contributed by atoms with Gasteiger partial charge in [-0.2, -0.15) is 0 Å². The van der Waals surface area contributed by atoms with Gasteiger partial charge in [0.15, 0.2) is 11.5 Å². The summed E-state index contributed by atoms with van der Waals surface area (Å²) in [5, 5.41) is 0. The first-order chi connectivity index (χ1) is 11.2. The molecule has 0 fully saturated rings. The molecule has 0 aliphatic carbocycles. The van der Waals surface area contributed by atoms with E-state index in [4.69, 9.17) is 21.1 Å². The van der Waals surface area contributed by atoms with Crippen molar-refractivity contribution < 1.29 is 14.3 Å². The molecule has 120 valence electrons. The van der Waals surface area contributed by atoms with Gasteiger partial charge in [-0.1, -0.05) is 18.2 Å². The maximum Gasteiger partial charge on any atom is 0.242 e. The predicted octanol–water partition coefficient (Wildman–Crippen LogP) is 3.91. The summed E-state index contributed by atoms with van der Waals surface area (Å²) in [6.07, 6.45) is 2.02. The van der Waals surface area contributed by atoms with E-state index in [1.54, 1.807) is 16.7 Å². The zero-order valence-corrected chi connectivity index (χ0v) is 14.2. The summed E-state index contributed by atoms with van der Waals surface area (Å²) in [5.41, 5.74) is 1.83. The van der Waals surface area contributed by atoms with Crippen LogP contribution in [0.3, 0.4) is 0 Å². The second-order valence-corrected chi connectivity index (χ2v) is 6.08. The van der Waals surface area contributed by atoms with Gasteiger partial charge in [-0.25, -0.2) is 0 Å². The maximum atomic E-state index is 12.3. The Kier molecular flexibility index (Phi) is 4.98. The third kappa shape index (κ3) is 3.41. The molecule has 1 amide bonds.